The Morgan fingerprint density at radius 1 is 1.30 bits per heavy atom. The van der Waals surface area contributed by atoms with E-state index in [0.717, 1.165) is 12.8 Å². The first-order valence-corrected chi connectivity index (χ1v) is 3.71. The second kappa shape index (κ2) is 6.27. The largest absolute Gasteiger partial charge is 0.305 e. The molecule has 10 heavy (non-hydrogen) atoms. The maximum absolute atomic E-state index is 7.25. The smallest absolute Gasteiger partial charge is 0.0311 e. The van der Waals surface area contributed by atoms with Crippen LogP contribution in [0.2, 0.25) is 0 Å². The van der Waals surface area contributed by atoms with Gasteiger partial charge in [0.25, 0.3) is 0 Å². The van der Waals surface area contributed by atoms with Gasteiger partial charge in [0.15, 0.2) is 0 Å². The Bertz CT molecular complexity index is 143. The lowest BCUT2D eigenvalue weighted by molar-refractivity contribution is 1.22. The van der Waals surface area contributed by atoms with Gasteiger partial charge in [0.05, 0.1) is 0 Å². The zero-order chi connectivity index (χ0) is 7.82. The second-order valence-corrected chi connectivity index (χ2v) is 2.07. The van der Waals surface area contributed by atoms with Crippen molar-refractivity contribution in [1.82, 2.24) is 0 Å². The van der Waals surface area contributed by atoms with E-state index in [4.69, 9.17) is 5.41 Å². The van der Waals surface area contributed by atoms with Crippen LogP contribution in [0.4, 0.5) is 0 Å². The molecule has 0 fully saturated rings. The van der Waals surface area contributed by atoms with Crippen LogP contribution in [0.1, 0.15) is 26.7 Å². The Labute approximate surface area is 63.0 Å². The molecule has 0 aliphatic carbocycles. The van der Waals surface area contributed by atoms with Gasteiger partial charge >= 0.3 is 0 Å². The molecular weight excluding hydrogens is 122 g/mol. The zero-order valence-electron chi connectivity index (χ0n) is 6.72. The maximum Gasteiger partial charge on any atom is 0.0311 e. The predicted molar refractivity (Wildman–Crippen MR) is 46.6 cm³/mol. The van der Waals surface area contributed by atoms with E-state index < -0.39 is 0 Å². The lowest BCUT2D eigenvalue weighted by Crippen LogP contribution is -1.83. The number of hydrogen-bond donors (Lipinski definition) is 1. The molecule has 0 aromatic carbocycles. The summed E-state index contributed by atoms with van der Waals surface area (Å²) in [5.74, 6) is 0. The van der Waals surface area contributed by atoms with Gasteiger partial charge in [-0.15, -0.1) is 0 Å². The number of rotatable bonds is 4. The molecule has 0 spiro atoms. The van der Waals surface area contributed by atoms with Crippen molar-refractivity contribution in [2.75, 3.05) is 0 Å². The summed E-state index contributed by atoms with van der Waals surface area (Å²) in [6.45, 7) is 4.08. The highest BCUT2D eigenvalue weighted by atomic mass is 14.4. The molecule has 0 aliphatic heterocycles. The van der Waals surface area contributed by atoms with Crippen molar-refractivity contribution in [2.24, 2.45) is 0 Å². The summed E-state index contributed by atoms with van der Waals surface area (Å²) in [5, 5.41) is 7.25. The fourth-order valence-corrected chi connectivity index (χ4v) is 0.504. The lowest BCUT2D eigenvalue weighted by Gasteiger charge is -1.85. The van der Waals surface area contributed by atoms with Crippen LogP contribution in [-0.2, 0) is 0 Å². The summed E-state index contributed by atoms with van der Waals surface area (Å²) in [4.78, 5) is 0. The SMILES string of the molecule is CC/C=C\C=C\C(=N)CC. The second-order valence-electron chi connectivity index (χ2n) is 2.07. The van der Waals surface area contributed by atoms with Gasteiger partial charge in [-0.05, 0) is 18.9 Å². The van der Waals surface area contributed by atoms with E-state index in [0.29, 0.717) is 5.71 Å². The third-order valence-corrected chi connectivity index (χ3v) is 1.16. The van der Waals surface area contributed by atoms with Gasteiger partial charge in [-0.3, -0.25) is 0 Å². The summed E-state index contributed by atoms with van der Waals surface area (Å²) in [7, 11) is 0. The summed E-state index contributed by atoms with van der Waals surface area (Å²) < 4.78 is 0. The first-order chi connectivity index (χ1) is 4.81. The van der Waals surface area contributed by atoms with E-state index in [1.165, 1.54) is 0 Å². The van der Waals surface area contributed by atoms with Crippen LogP contribution in [0, 0.1) is 5.41 Å². The van der Waals surface area contributed by atoms with Crippen molar-refractivity contribution in [3.8, 4) is 0 Å². The first kappa shape index (κ1) is 9.15. The Morgan fingerprint density at radius 2 is 2.00 bits per heavy atom. The normalized spacial score (nSPS) is 11.4. The molecule has 0 amide bonds. The molecule has 0 bridgehead atoms. The van der Waals surface area contributed by atoms with E-state index in [2.05, 4.69) is 13.0 Å². The Hall–Kier alpha value is -0.850. The van der Waals surface area contributed by atoms with E-state index in [1.54, 1.807) is 0 Å². The Kier molecular flexibility index (Phi) is 5.74. The number of nitrogens with one attached hydrogen (secondary N) is 1. The summed E-state index contributed by atoms with van der Waals surface area (Å²) in [5.41, 5.74) is 0.681. The minimum Gasteiger partial charge on any atom is -0.305 e. The van der Waals surface area contributed by atoms with Gasteiger partial charge in [-0.2, -0.15) is 0 Å². The van der Waals surface area contributed by atoms with E-state index in [-0.39, 0.29) is 0 Å². The molecule has 0 unspecified atom stereocenters. The van der Waals surface area contributed by atoms with Gasteiger partial charge in [-0.1, -0.05) is 32.1 Å². The van der Waals surface area contributed by atoms with Crippen molar-refractivity contribution < 1.29 is 0 Å². The standard InChI is InChI=1S/C9H15N/c1-3-5-6-7-8-9(10)4-2/h5-8,10H,3-4H2,1-2H3/b6-5-,8-7+,10-9?. The quantitative estimate of drug-likeness (QED) is 0.455. The van der Waals surface area contributed by atoms with Crippen LogP contribution in [0.25, 0.3) is 0 Å². The van der Waals surface area contributed by atoms with Crippen LogP contribution < -0.4 is 0 Å². The molecule has 1 N–H and O–H groups in total. The fourth-order valence-electron chi connectivity index (χ4n) is 0.504. The average Bonchev–Trinajstić information content (AvgIpc) is 1.98. The van der Waals surface area contributed by atoms with Gasteiger partial charge < -0.3 is 5.41 Å². The molecule has 0 heterocycles. The lowest BCUT2D eigenvalue weighted by atomic mass is 10.2. The molecule has 0 saturated heterocycles. The van der Waals surface area contributed by atoms with Crippen LogP contribution in [-0.4, -0.2) is 5.71 Å². The van der Waals surface area contributed by atoms with Crippen LogP contribution >= 0.6 is 0 Å². The van der Waals surface area contributed by atoms with Crippen LogP contribution in [0.5, 0.6) is 0 Å². The van der Waals surface area contributed by atoms with Crippen LogP contribution in [0.3, 0.4) is 0 Å². The summed E-state index contributed by atoms with van der Waals surface area (Å²) >= 11 is 0. The van der Waals surface area contributed by atoms with Crippen molar-refractivity contribution in [1.29, 1.82) is 5.41 Å². The van der Waals surface area contributed by atoms with Crippen molar-refractivity contribution >= 4 is 5.71 Å². The van der Waals surface area contributed by atoms with Gasteiger partial charge in [0, 0.05) is 5.71 Å². The first-order valence-electron chi connectivity index (χ1n) is 3.71. The van der Waals surface area contributed by atoms with Gasteiger partial charge in [0.2, 0.25) is 0 Å². The zero-order valence-corrected chi connectivity index (χ0v) is 6.72. The molecule has 0 aromatic rings. The predicted octanol–water partition coefficient (Wildman–Crippen LogP) is 2.94. The van der Waals surface area contributed by atoms with Gasteiger partial charge in [-0.25, -0.2) is 0 Å². The number of hydrogen-bond acceptors (Lipinski definition) is 1. The third kappa shape index (κ3) is 5.29. The Morgan fingerprint density at radius 3 is 2.50 bits per heavy atom. The highest BCUT2D eigenvalue weighted by molar-refractivity contribution is 5.92. The van der Waals surface area contributed by atoms with E-state index >= 15 is 0 Å². The van der Waals surface area contributed by atoms with Gasteiger partial charge in [0.1, 0.15) is 0 Å². The van der Waals surface area contributed by atoms with E-state index in [9.17, 15) is 0 Å². The van der Waals surface area contributed by atoms with Crippen molar-refractivity contribution in [3.05, 3.63) is 24.3 Å². The molecule has 56 valence electrons. The van der Waals surface area contributed by atoms with Crippen molar-refractivity contribution in [2.45, 2.75) is 26.7 Å². The molecule has 1 heteroatoms. The highest BCUT2D eigenvalue weighted by Crippen LogP contribution is 1.86. The summed E-state index contributed by atoms with van der Waals surface area (Å²) in [6, 6.07) is 0. The molecule has 0 radical (unpaired) electrons. The monoisotopic (exact) mass is 137 g/mol. The molecule has 0 aromatic heterocycles. The third-order valence-electron chi connectivity index (χ3n) is 1.16. The highest BCUT2D eigenvalue weighted by Gasteiger charge is 1.79. The topological polar surface area (TPSA) is 23.9 Å². The molecule has 0 atom stereocenters. The summed E-state index contributed by atoms with van der Waals surface area (Å²) in [6.07, 6.45) is 9.66. The Balaban J connectivity index is 3.55. The average molecular weight is 137 g/mol. The minimum absolute atomic E-state index is 0.681. The van der Waals surface area contributed by atoms with Crippen LogP contribution in [0.15, 0.2) is 24.3 Å². The van der Waals surface area contributed by atoms with Crippen molar-refractivity contribution in [3.63, 3.8) is 0 Å². The molecule has 0 saturated carbocycles. The molecule has 0 rings (SSSR count). The molecule has 1 nitrogen and oxygen atoms in total. The maximum atomic E-state index is 7.25. The molecule has 0 aliphatic rings. The fraction of sp³-hybridized carbons (Fsp3) is 0.444. The number of allylic oxidation sites excluding steroid dienone is 4. The minimum atomic E-state index is 0.681. The van der Waals surface area contributed by atoms with E-state index in [1.807, 2.05) is 25.2 Å². The molecular formula is C9H15N.